The molecule has 0 spiro atoms. The second-order valence-electron chi connectivity index (χ2n) is 7.02. The summed E-state index contributed by atoms with van der Waals surface area (Å²) in [4.78, 5) is 12.6. The summed E-state index contributed by atoms with van der Waals surface area (Å²) in [7, 11) is 1.56. The first kappa shape index (κ1) is 20.3. The summed E-state index contributed by atoms with van der Waals surface area (Å²) in [5.41, 5.74) is 0.959. The molecule has 3 N–H and O–H groups in total. The molecule has 0 radical (unpaired) electrons. The quantitative estimate of drug-likeness (QED) is 0.650. The van der Waals surface area contributed by atoms with Gasteiger partial charge >= 0.3 is 0 Å². The summed E-state index contributed by atoms with van der Waals surface area (Å²) in [5, 5.41) is 16.6. The van der Waals surface area contributed by atoms with Crippen molar-refractivity contribution >= 4 is 5.91 Å². The zero-order valence-electron chi connectivity index (χ0n) is 16.2. The lowest BCUT2D eigenvalue weighted by Crippen LogP contribution is -2.54. The zero-order chi connectivity index (χ0) is 19.8. The normalized spacial score (nSPS) is 16.9. The van der Waals surface area contributed by atoms with Crippen molar-refractivity contribution in [1.29, 1.82) is 0 Å². The van der Waals surface area contributed by atoms with Crippen molar-refractivity contribution in [3.63, 3.8) is 0 Å². The lowest BCUT2D eigenvalue weighted by Gasteiger charge is -2.35. The van der Waals surface area contributed by atoms with Crippen molar-refractivity contribution in [2.24, 2.45) is 0 Å². The van der Waals surface area contributed by atoms with Gasteiger partial charge in [-0.3, -0.25) is 4.79 Å². The van der Waals surface area contributed by atoms with E-state index in [9.17, 15) is 9.90 Å². The van der Waals surface area contributed by atoms with Crippen LogP contribution in [0.25, 0.3) is 0 Å². The van der Waals surface area contributed by atoms with Gasteiger partial charge in [0.1, 0.15) is 18.0 Å². The van der Waals surface area contributed by atoms with Crippen LogP contribution in [0.2, 0.25) is 0 Å². The van der Waals surface area contributed by atoms with Crippen LogP contribution in [0.4, 0.5) is 0 Å². The molecule has 1 amide bonds. The Morgan fingerprint density at radius 3 is 2.64 bits per heavy atom. The number of nitrogens with one attached hydrogen (secondary N) is 2. The Kier molecular flexibility index (Phi) is 7.03. The largest absolute Gasteiger partial charge is 0.489 e. The van der Waals surface area contributed by atoms with Gasteiger partial charge in [0, 0.05) is 13.7 Å². The first-order chi connectivity index (χ1) is 13.6. The molecule has 1 saturated heterocycles. The van der Waals surface area contributed by atoms with Crippen molar-refractivity contribution < 1.29 is 19.4 Å². The summed E-state index contributed by atoms with van der Waals surface area (Å²) < 4.78 is 11.3. The summed E-state index contributed by atoms with van der Waals surface area (Å²) >= 11 is 0. The molecule has 1 unspecified atom stereocenters. The van der Waals surface area contributed by atoms with Crippen LogP contribution < -0.4 is 15.4 Å². The van der Waals surface area contributed by atoms with Crippen molar-refractivity contribution in [2.75, 3.05) is 26.7 Å². The standard InChI is InChI=1S/C22H28N2O4/c1-27-22(10-12-23-13-11-22)21(26)24-15-20(25)18-8-5-9-19(14-18)28-16-17-6-3-2-4-7-17/h2-9,14,20,23,25H,10-13,15-16H2,1H3,(H,24,26). The fraction of sp³-hybridized carbons (Fsp3) is 0.409. The van der Waals surface area contributed by atoms with Gasteiger partial charge in [-0.2, -0.15) is 0 Å². The number of ether oxygens (including phenoxy) is 2. The number of aliphatic hydroxyl groups is 1. The van der Waals surface area contributed by atoms with Crippen LogP contribution in [0.15, 0.2) is 54.6 Å². The minimum atomic E-state index is -0.820. The zero-order valence-corrected chi connectivity index (χ0v) is 16.2. The molecule has 3 rings (SSSR count). The highest BCUT2D eigenvalue weighted by atomic mass is 16.5. The van der Waals surface area contributed by atoms with Gasteiger partial charge in [0.25, 0.3) is 5.91 Å². The maximum absolute atomic E-state index is 12.6. The molecule has 6 heteroatoms. The fourth-order valence-electron chi connectivity index (χ4n) is 3.38. The Hall–Kier alpha value is -2.41. The van der Waals surface area contributed by atoms with Crippen LogP contribution in [0, 0.1) is 0 Å². The summed E-state index contributed by atoms with van der Waals surface area (Å²) in [6.07, 6.45) is 0.419. The Morgan fingerprint density at radius 1 is 1.18 bits per heavy atom. The Bertz CT molecular complexity index is 760. The van der Waals surface area contributed by atoms with Crippen LogP contribution in [-0.2, 0) is 16.1 Å². The number of hydrogen-bond donors (Lipinski definition) is 3. The number of carbonyl (C=O) groups excluding carboxylic acids is 1. The number of amides is 1. The summed E-state index contributed by atoms with van der Waals surface area (Å²) in [5.74, 6) is 0.505. The number of methoxy groups -OCH3 is 1. The second kappa shape index (κ2) is 9.68. The third kappa shape index (κ3) is 5.10. The molecule has 150 valence electrons. The molecule has 0 saturated carbocycles. The number of carbonyl (C=O) groups is 1. The number of piperidine rings is 1. The Morgan fingerprint density at radius 2 is 1.93 bits per heavy atom. The van der Waals surface area contributed by atoms with Crippen molar-refractivity contribution in [1.82, 2.24) is 10.6 Å². The molecule has 1 aliphatic heterocycles. The molecule has 1 fully saturated rings. The topological polar surface area (TPSA) is 79.8 Å². The molecule has 1 aliphatic rings. The van der Waals surface area contributed by atoms with E-state index in [1.54, 1.807) is 13.2 Å². The number of hydrogen-bond acceptors (Lipinski definition) is 5. The highest BCUT2D eigenvalue weighted by Crippen LogP contribution is 2.24. The molecule has 2 aromatic carbocycles. The highest BCUT2D eigenvalue weighted by molar-refractivity contribution is 5.85. The molecular weight excluding hydrogens is 356 g/mol. The van der Waals surface area contributed by atoms with E-state index in [-0.39, 0.29) is 12.5 Å². The second-order valence-corrected chi connectivity index (χ2v) is 7.02. The molecule has 2 aromatic rings. The smallest absolute Gasteiger partial charge is 0.252 e. The molecule has 0 bridgehead atoms. The van der Waals surface area contributed by atoms with Gasteiger partial charge in [-0.05, 0) is 49.2 Å². The van der Waals surface area contributed by atoms with Gasteiger partial charge in [0.15, 0.2) is 0 Å². The Balaban J connectivity index is 1.55. The predicted octanol–water partition coefficient (Wildman–Crippen LogP) is 2.18. The molecular formula is C22H28N2O4. The van der Waals surface area contributed by atoms with E-state index < -0.39 is 11.7 Å². The van der Waals surface area contributed by atoms with E-state index in [1.165, 1.54) is 0 Å². The molecule has 6 nitrogen and oxygen atoms in total. The number of aliphatic hydroxyl groups excluding tert-OH is 1. The van der Waals surface area contributed by atoms with E-state index in [1.807, 2.05) is 48.5 Å². The lowest BCUT2D eigenvalue weighted by molar-refractivity contribution is -0.147. The number of rotatable bonds is 8. The first-order valence-electron chi connectivity index (χ1n) is 9.62. The average Bonchev–Trinajstić information content (AvgIpc) is 2.77. The van der Waals surface area contributed by atoms with Gasteiger partial charge in [0.2, 0.25) is 0 Å². The van der Waals surface area contributed by atoms with E-state index in [0.717, 1.165) is 18.7 Å². The highest BCUT2D eigenvalue weighted by Gasteiger charge is 2.39. The molecule has 0 aliphatic carbocycles. The van der Waals surface area contributed by atoms with Crippen molar-refractivity contribution in [3.8, 4) is 5.75 Å². The predicted molar refractivity (Wildman–Crippen MR) is 107 cm³/mol. The molecule has 28 heavy (non-hydrogen) atoms. The van der Waals surface area contributed by atoms with E-state index >= 15 is 0 Å². The van der Waals surface area contributed by atoms with Crippen LogP contribution in [0.1, 0.15) is 30.1 Å². The minimum absolute atomic E-state index is 0.125. The van der Waals surface area contributed by atoms with Crippen LogP contribution in [0.3, 0.4) is 0 Å². The monoisotopic (exact) mass is 384 g/mol. The van der Waals surface area contributed by atoms with E-state index in [4.69, 9.17) is 9.47 Å². The minimum Gasteiger partial charge on any atom is -0.489 e. The van der Waals surface area contributed by atoms with Crippen LogP contribution >= 0.6 is 0 Å². The first-order valence-corrected chi connectivity index (χ1v) is 9.62. The van der Waals surface area contributed by atoms with Crippen LogP contribution in [0.5, 0.6) is 5.75 Å². The average molecular weight is 384 g/mol. The van der Waals surface area contributed by atoms with Gasteiger partial charge in [-0.25, -0.2) is 0 Å². The number of benzene rings is 2. The summed E-state index contributed by atoms with van der Waals surface area (Å²) in [6.45, 7) is 2.07. The third-order valence-electron chi connectivity index (χ3n) is 5.16. The van der Waals surface area contributed by atoms with Crippen LogP contribution in [-0.4, -0.2) is 43.4 Å². The molecule has 1 heterocycles. The van der Waals surface area contributed by atoms with E-state index in [2.05, 4.69) is 10.6 Å². The lowest BCUT2D eigenvalue weighted by atomic mass is 9.91. The van der Waals surface area contributed by atoms with Gasteiger partial charge in [0.05, 0.1) is 6.10 Å². The van der Waals surface area contributed by atoms with Crippen molar-refractivity contribution in [2.45, 2.75) is 31.2 Å². The Labute approximate surface area is 165 Å². The van der Waals surface area contributed by atoms with Crippen molar-refractivity contribution in [3.05, 3.63) is 65.7 Å². The maximum Gasteiger partial charge on any atom is 0.252 e. The molecule has 1 atom stereocenters. The van der Waals surface area contributed by atoms with E-state index in [0.29, 0.717) is 30.8 Å². The van der Waals surface area contributed by atoms with Gasteiger partial charge in [-0.1, -0.05) is 42.5 Å². The molecule has 0 aromatic heterocycles. The van der Waals surface area contributed by atoms with Gasteiger partial charge in [-0.15, -0.1) is 0 Å². The third-order valence-corrected chi connectivity index (χ3v) is 5.16. The summed E-state index contributed by atoms with van der Waals surface area (Å²) in [6, 6.07) is 17.2. The maximum atomic E-state index is 12.6. The van der Waals surface area contributed by atoms with Gasteiger partial charge < -0.3 is 25.2 Å². The fourth-order valence-corrected chi connectivity index (χ4v) is 3.38. The SMILES string of the molecule is COC1(C(=O)NCC(O)c2cccc(OCc3ccccc3)c2)CCNCC1.